The molecule has 2 aliphatic rings. The lowest BCUT2D eigenvalue weighted by atomic mass is 9.91. The van der Waals surface area contributed by atoms with Crippen molar-refractivity contribution in [1.29, 1.82) is 5.26 Å². The summed E-state index contributed by atoms with van der Waals surface area (Å²) in [6.07, 6.45) is 3.54. The summed E-state index contributed by atoms with van der Waals surface area (Å²) < 4.78 is 3.45. The SMILES string of the molecule is C[C@@H]1C[C@H](C)CN(c2ccc(C#N)cc2NSc2cc(C(=O)O)ccc2C2CC2)C1. The Balaban J connectivity index is 1.62. The highest BCUT2D eigenvalue weighted by Crippen LogP contribution is 2.45. The van der Waals surface area contributed by atoms with Gasteiger partial charge in [-0.1, -0.05) is 19.9 Å². The zero-order valence-electron chi connectivity index (χ0n) is 17.4. The molecule has 0 amide bonds. The van der Waals surface area contributed by atoms with E-state index < -0.39 is 5.97 Å². The maximum absolute atomic E-state index is 11.5. The summed E-state index contributed by atoms with van der Waals surface area (Å²) in [5.41, 5.74) is 4.12. The summed E-state index contributed by atoms with van der Waals surface area (Å²) in [6.45, 7) is 6.57. The number of benzene rings is 2. The second-order valence-corrected chi connectivity index (χ2v) is 9.58. The average Bonchev–Trinajstić information content (AvgIpc) is 3.56. The Morgan fingerprint density at radius 1 is 1.17 bits per heavy atom. The van der Waals surface area contributed by atoms with E-state index in [0.29, 0.717) is 28.9 Å². The second-order valence-electron chi connectivity index (χ2n) is 8.73. The molecular formula is C24H27N3O2S. The average molecular weight is 422 g/mol. The summed E-state index contributed by atoms with van der Waals surface area (Å²) in [4.78, 5) is 14.8. The lowest BCUT2D eigenvalue weighted by Gasteiger charge is -2.37. The van der Waals surface area contributed by atoms with Gasteiger partial charge < -0.3 is 14.7 Å². The molecule has 1 saturated carbocycles. The van der Waals surface area contributed by atoms with E-state index in [2.05, 4.69) is 29.5 Å². The molecule has 0 aromatic heterocycles. The number of carbonyl (C=O) groups is 1. The van der Waals surface area contributed by atoms with E-state index in [0.717, 1.165) is 42.2 Å². The van der Waals surface area contributed by atoms with E-state index in [1.165, 1.54) is 23.9 Å². The van der Waals surface area contributed by atoms with Gasteiger partial charge in [0, 0.05) is 18.0 Å². The summed E-state index contributed by atoms with van der Waals surface area (Å²) >= 11 is 1.45. The molecule has 2 aromatic rings. The third-order valence-electron chi connectivity index (χ3n) is 5.88. The van der Waals surface area contributed by atoms with E-state index in [1.54, 1.807) is 12.1 Å². The van der Waals surface area contributed by atoms with Gasteiger partial charge in [0.05, 0.1) is 28.6 Å². The minimum absolute atomic E-state index is 0.299. The first-order chi connectivity index (χ1) is 14.4. The number of nitrogens with one attached hydrogen (secondary N) is 1. The first-order valence-corrected chi connectivity index (χ1v) is 11.4. The molecule has 2 atom stereocenters. The van der Waals surface area contributed by atoms with Crippen LogP contribution in [-0.4, -0.2) is 24.2 Å². The Labute approximate surface area is 182 Å². The monoisotopic (exact) mass is 421 g/mol. The van der Waals surface area contributed by atoms with Crippen LogP contribution in [0.3, 0.4) is 0 Å². The minimum atomic E-state index is -0.914. The topological polar surface area (TPSA) is 76.4 Å². The highest BCUT2D eigenvalue weighted by atomic mass is 32.2. The smallest absolute Gasteiger partial charge is 0.335 e. The van der Waals surface area contributed by atoms with Crippen molar-refractivity contribution in [3.8, 4) is 6.07 Å². The molecule has 0 unspecified atom stereocenters. The molecule has 0 radical (unpaired) electrons. The van der Waals surface area contributed by atoms with E-state index in [-0.39, 0.29) is 0 Å². The molecule has 1 aliphatic heterocycles. The molecule has 30 heavy (non-hydrogen) atoms. The second kappa shape index (κ2) is 8.61. The van der Waals surface area contributed by atoms with Crippen LogP contribution in [0.1, 0.15) is 60.5 Å². The van der Waals surface area contributed by atoms with Crippen LogP contribution in [0.15, 0.2) is 41.3 Å². The number of rotatable bonds is 6. The van der Waals surface area contributed by atoms with Crippen LogP contribution in [0.25, 0.3) is 0 Å². The molecule has 2 aromatic carbocycles. The number of anilines is 2. The van der Waals surface area contributed by atoms with Gasteiger partial charge in [-0.15, -0.1) is 0 Å². The standard InChI is InChI=1S/C24H27N3O2S/c1-15-9-16(2)14-27(13-15)22-8-3-17(12-25)10-21(22)26-30-23-11-19(24(28)29)6-7-20(23)18-4-5-18/h3,6-8,10-11,15-16,18,26H,4-5,9,13-14H2,1-2H3,(H,28,29)/t15-,16+. The predicted molar refractivity (Wildman–Crippen MR) is 121 cm³/mol. The molecule has 2 N–H and O–H groups in total. The van der Waals surface area contributed by atoms with Gasteiger partial charge >= 0.3 is 5.97 Å². The van der Waals surface area contributed by atoms with Crippen LogP contribution in [0.4, 0.5) is 11.4 Å². The van der Waals surface area contributed by atoms with Crippen LogP contribution >= 0.6 is 11.9 Å². The van der Waals surface area contributed by atoms with Crippen LogP contribution in [0.5, 0.6) is 0 Å². The van der Waals surface area contributed by atoms with Crippen LogP contribution in [0.2, 0.25) is 0 Å². The number of hydrogen-bond donors (Lipinski definition) is 2. The number of hydrogen-bond acceptors (Lipinski definition) is 5. The summed E-state index contributed by atoms with van der Waals surface area (Å²) in [5, 5.41) is 18.8. The number of carboxylic acid groups (broad SMARTS) is 1. The number of nitriles is 1. The molecule has 0 spiro atoms. The molecule has 2 fully saturated rings. The van der Waals surface area contributed by atoms with Crippen molar-refractivity contribution in [3.63, 3.8) is 0 Å². The zero-order chi connectivity index (χ0) is 21.3. The number of aromatic carboxylic acids is 1. The quantitative estimate of drug-likeness (QED) is 0.580. The van der Waals surface area contributed by atoms with Gasteiger partial charge in [-0.2, -0.15) is 5.26 Å². The highest BCUT2D eigenvalue weighted by Gasteiger charge is 2.27. The molecule has 0 bridgehead atoms. The molecule has 1 aliphatic carbocycles. The zero-order valence-corrected chi connectivity index (χ0v) is 18.2. The summed E-state index contributed by atoms with van der Waals surface area (Å²) in [5.74, 6) is 0.853. The molecule has 156 valence electrons. The fourth-order valence-electron chi connectivity index (χ4n) is 4.42. The van der Waals surface area contributed by atoms with Gasteiger partial charge in [0.25, 0.3) is 0 Å². The fourth-order valence-corrected chi connectivity index (χ4v) is 5.34. The van der Waals surface area contributed by atoms with Crippen LogP contribution in [-0.2, 0) is 0 Å². The van der Waals surface area contributed by atoms with Crippen LogP contribution < -0.4 is 9.62 Å². The van der Waals surface area contributed by atoms with E-state index >= 15 is 0 Å². The van der Waals surface area contributed by atoms with Crippen molar-refractivity contribution in [1.82, 2.24) is 0 Å². The first-order valence-electron chi connectivity index (χ1n) is 10.5. The molecule has 5 nitrogen and oxygen atoms in total. The molecule has 1 heterocycles. The fraction of sp³-hybridized carbons (Fsp3) is 0.417. The molecule has 1 saturated heterocycles. The maximum Gasteiger partial charge on any atom is 0.335 e. The van der Waals surface area contributed by atoms with Gasteiger partial charge in [0.1, 0.15) is 0 Å². The third kappa shape index (κ3) is 4.57. The van der Waals surface area contributed by atoms with Gasteiger partial charge in [-0.05, 0) is 84.9 Å². The summed E-state index contributed by atoms with van der Waals surface area (Å²) in [6, 6.07) is 13.4. The maximum atomic E-state index is 11.5. The van der Waals surface area contributed by atoms with E-state index in [1.807, 2.05) is 24.3 Å². The molecule has 6 heteroatoms. The lowest BCUT2D eigenvalue weighted by Crippen LogP contribution is -2.39. The Hall–Kier alpha value is -2.65. The van der Waals surface area contributed by atoms with E-state index in [4.69, 9.17) is 0 Å². The van der Waals surface area contributed by atoms with Crippen molar-refractivity contribution in [2.24, 2.45) is 11.8 Å². The minimum Gasteiger partial charge on any atom is -0.478 e. The third-order valence-corrected chi connectivity index (χ3v) is 6.78. The number of carboxylic acids is 1. The Bertz CT molecular complexity index is 986. The van der Waals surface area contributed by atoms with E-state index in [9.17, 15) is 15.2 Å². The Kier molecular flexibility index (Phi) is 5.92. The van der Waals surface area contributed by atoms with Gasteiger partial charge in [-0.3, -0.25) is 0 Å². The first kappa shape index (κ1) is 20.6. The van der Waals surface area contributed by atoms with Crippen molar-refractivity contribution in [3.05, 3.63) is 53.1 Å². The molecular weight excluding hydrogens is 394 g/mol. The van der Waals surface area contributed by atoms with Crippen molar-refractivity contribution in [2.45, 2.75) is 43.9 Å². The van der Waals surface area contributed by atoms with Crippen molar-refractivity contribution in [2.75, 3.05) is 22.7 Å². The normalized spacial score (nSPS) is 21.2. The summed E-state index contributed by atoms with van der Waals surface area (Å²) in [7, 11) is 0. The Morgan fingerprint density at radius 2 is 1.90 bits per heavy atom. The molecule has 4 rings (SSSR count). The highest BCUT2D eigenvalue weighted by molar-refractivity contribution is 8.00. The van der Waals surface area contributed by atoms with Crippen molar-refractivity contribution < 1.29 is 9.90 Å². The van der Waals surface area contributed by atoms with Gasteiger partial charge in [0.15, 0.2) is 0 Å². The van der Waals surface area contributed by atoms with Gasteiger partial charge in [0.2, 0.25) is 0 Å². The number of nitrogens with zero attached hydrogens (tertiary/aromatic N) is 2. The van der Waals surface area contributed by atoms with Gasteiger partial charge in [-0.25, -0.2) is 4.79 Å². The van der Waals surface area contributed by atoms with Crippen LogP contribution in [0, 0.1) is 23.2 Å². The largest absolute Gasteiger partial charge is 0.478 e. The lowest BCUT2D eigenvalue weighted by molar-refractivity contribution is 0.0696. The number of piperidine rings is 1. The van der Waals surface area contributed by atoms with Crippen molar-refractivity contribution >= 4 is 29.3 Å². The predicted octanol–water partition coefficient (Wildman–Crippen LogP) is 5.74. The Morgan fingerprint density at radius 3 is 2.53 bits per heavy atom.